The largest absolute Gasteiger partial charge is 0.444 e. The summed E-state index contributed by atoms with van der Waals surface area (Å²) in [7, 11) is 0. The fourth-order valence-electron chi connectivity index (χ4n) is 1.54. The van der Waals surface area contributed by atoms with Crippen molar-refractivity contribution in [3.05, 3.63) is 0 Å². The molecule has 5 heteroatoms. The van der Waals surface area contributed by atoms with Gasteiger partial charge in [0.15, 0.2) is 0 Å². The predicted octanol–water partition coefficient (Wildman–Crippen LogP) is 1.88. The Morgan fingerprint density at radius 3 is 2.47 bits per heavy atom. The number of likely N-dealkylation sites (tertiary alicyclic amines) is 1. The second-order valence-electron chi connectivity index (χ2n) is 4.64. The maximum absolute atomic E-state index is 12.6. The van der Waals surface area contributed by atoms with E-state index in [4.69, 9.17) is 4.74 Å². The molecule has 1 amide bonds. The van der Waals surface area contributed by atoms with E-state index in [0.29, 0.717) is 19.4 Å². The third-order valence-corrected chi connectivity index (χ3v) is 2.14. The molecule has 1 atom stereocenters. The van der Waals surface area contributed by atoms with Gasteiger partial charge in [0.1, 0.15) is 11.6 Å². The number of amides is 1. The zero-order valence-corrected chi connectivity index (χ0v) is 9.25. The highest BCUT2D eigenvalue weighted by Gasteiger charge is 2.36. The topological polar surface area (TPSA) is 46.6 Å². The Labute approximate surface area is 88.4 Å². The molecule has 1 fully saturated rings. The van der Waals surface area contributed by atoms with Crippen molar-refractivity contribution in [2.45, 2.75) is 45.3 Å². The van der Waals surface area contributed by atoms with Crippen LogP contribution in [0.1, 0.15) is 33.6 Å². The minimum atomic E-state index is -1.46. The van der Waals surface area contributed by atoms with Crippen LogP contribution in [0, 0.1) is 0 Å². The zero-order chi connectivity index (χ0) is 11.6. The highest BCUT2D eigenvalue weighted by atomic mass is 19.1. The zero-order valence-electron chi connectivity index (χ0n) is 9.25. The van der Waals surface area contributed by atoms with Crippen LogP contribution in [0.5, 0.6) is 0 Å². The van der Waals surface area contributed by atoms with Crippen LogP contribution in [0.3, 0.4) is 0 Å². The molecule has 0 aromatic carbocycles. The SMILES string of the molecule is CC(C)(C)OC(=O)N1CCCC1C(=O)F. The molecule has 86 valence electrons. The van der Waals surface area contributed by atoms with Gasteiger partial charge < -0.3 is 4.74 Å². The van der Waals surface area contributed by atoms with Crippen molar-refractivity contribution in [1.82, 2.24) is 4.90 Å². The third-order valence-electron chi connectivity index (χ3n) is 2.14. The first-order valence-electron chi connectivity index (χ1n) is 5.00. The van der Waals surface area contributed by atoms with E-state index in [1.165, 1.54) is 0 Å². The predicted molar refractivity (Wildman–Crippen MR) is 52.1 cm³/mol. The average molecular weight is 217 g/mol. The van der Waals surface area contributed by atoms with Gasteiger partial charge >= 0.3 is 12.1 Å². The molecule has 0 N–H and O–H groups in total. The number of carbonyl (C=O) groups is 2. The molecule has 1 aliphatic rings. The molecule has 1 heterocycles. The van der Waals surface area contributed by atoms with E-state index in [-0.39, 0.29) is 0 Å². The molecule has 1 saturated heterocycles. The monoisotopic (exact) mass is 217 g/mol. The van der Waals surface area contributed by atoms with Gasteiger partial charge in [-0.2, -0.15) is 4.39 Å². The van der Waals surface area contributed by atoms with Crippen molar-refractivity contribution in [1.29, 1.82) is 0 Å². The molecular formula is C10H16FNO3. The Hall–Kier alpha value is -1.13. The average Bonchev–Trinajstić information content (AvgIpc) is 2.47. The van der Waals surface area contributed by atoms with Crippen molar-refractivity contribution in [2.75, 3.05) is 6.54 Å². The van der Waals surface area contributed by atoms with Gasteiger partial charge in [0, 0.05) is 6.54 Å². The van der Waals surface area contributed by atoms with Gasteiger partial charge in [-0.15, -0.1) is 0 Å². The van der Waals surface area contributed by atoms with Crippen molar-refractivity contribution in [2.24, 2.45) is 0 Å². The Balaban J connectivity index is 2.63. The van der Waals surface area contributed by atoms with Crippen LogP contribution in [-0.2, 0) is 9.53 Å². The van der Waals surface area contributed by atoms with Crippen LogP contribution in [0.2, 0.25) is 0 Å². The fourth-order valence-corrected chi connectivity index (χ4v) is 1.54. The number of nitrogens with zero attached hydrogens (tertiary/aromatic N) is 1. The summed E-state index contributed by atoms with van der Waals surface area (Å²) < 4.78 is 17.6. The normalized spacial score (nSPS) is 21.6. The second-order valence-corrected chi connectivity index (χ2v) is 4.64. The van der Waals surface area contributed by atoms with Crippen LogP contribution < -0.4 is 0 Å². The fraction of sp³-hybridized carbons (Fsp3) is 0.800. The van der Waals surface area contributed by atoms with Crippen molar-refractivity contribution in [3.63, 3.8) is 0 Å². The summed E-state index contributed by atoms with van der Waals surface area (Å²) in [4.78, 5) is 23.3. The molecule has 1 rings (SSSR count). The van der Waals surface area contributed by atoms with E-state index in [0.717, 1.165) is 4.90 Å². The lowest BCUT2D eigenvalue weighted by atomic mass is 10.2. The van der Waals surface area contributed by atoms with Crippen molar-refractivity contribution < 1.29 is 18.7 Å². The Morgan fingerprint density at radius 1 is 1.40 bits per heavy atom. The second kappa shape index (κ2) is 4.16. The van der Waals surface area contributed by atoms with Crippen LogP contribution in [-0.4, -0.2) is 35.2 Å². The summed E-state index contributed by atoms with van der Waals surface area (Å²) in [6.45, 7) is 5.57. The van der Waals surface area contributed by atoms with E-state index in [9.17, 15) is 14.0 Å². The van der Waals surface area contributed by atoms with Crippen molar-refractivity contribution >= 4 is 12.1 Å². The molecule has 4 nitrogen and oxygen atoms in total. The number of carbonyl (C=O) groups excluding carboxylic acids is 2. The van der Waals surface area contributed by atoms with Crippen LogP contribution >= 0.6 is 0 Å². The molecule has 0 aromatic rings. The lowest BCUT2D eigenvalue weighted by Gasteiger charge is -2.26. The van der Waals surface area contributed by atoms with Crippen LogP contribution in [0.4, 0.5) is 9.18 Å². The summed E-state index contributed by atoms with van der Waals surface area (Å²) in [6, 6.07) is -2.40. The van der Waals surface area contributed by atoms with E-state index in [1.54, 1.807) is 20.8 Å². The highest BCUT2D eigenvalue weighted by molar-refractivity contribution is 5.81. The van der Waals surface area contributed by atoms with Gasteiger partial charge in [-0.1, -0.05) is 0 Å². The molecule has 0 bridgehead atoms. The summed E-state index contributed by atoms with van der Waals surface area (Å²) >= 11 is 0. The number of ether oxygens (including phenoxy) is 1. The Bertz CT molecular complexity index is 272. The molecule has 0 saturated carbocycles. The lowest BCUT2D eigenvalue weighted by Crippen LogP contribution is -2.42. The first-order chi connectivity index (χ1) is 6.81. The molecule has 15 heavy (non-hydrogen) atoms. The molecule has 0 spiro atoms. The smallest absolute Gasteiger partial charge is 0.410 e. The van der Waals surface area contributed by atoms with Gasteiger partial charge in [0.2, 0.25) is 0 Å². The number of hydrogen-bond acceptors (Lipinski definition) is 3. The molecule has 0 aliphatic carbocycles. The highest BCUT2D eigenvalue weighted by Crippen LogP contribution is 2.21. The standard InChI is InChI=1S/C10H16FNO3/c1-10(2,3)15-9(14)12-6-4-5-7(12)8(11)13/h7H,4-6H2,1-3H3. The van der Waals surface area contributed by atoms with E-state index < -0.39 is 23.8 Å². The van der Waals surface area contributed by atoms with Gasteiger partial charge in [-0.25, -0.2) is 4.79 Å². The van der Waals surface area contributed by atoms with Crippen LogP contribution in [0.15, 0.2) is 0 Å². The van der Waals surface area contributed by atoms with Crippen LogP contribution in [0.25, 0.3) is 0 Å². The molecule has 1 aliphatic heterocycles. The van der Waals surface area contributed by atoms with Gasteiger partial charge in [-0.05, 0) is 33.6 Å². The summed E-state index contributed by atoms with van der Waals surface area (Å²) in [5.41, 5.74) is -0.621. The molecule has 0 radical (unpaired) electrons. The Morgan fingerprint density at radius 2 is 2.00 bits per heavy atom. The first-order valence-corrected chi connectivity index (χ1v) is 5.00. The minimum absolute atomic E-state index is 0.384. The van der Waals surface area contributed by atoms with Gasteiger partial charge in [0.05, 0.1) is 0 Å². The summed E-state index contributed by atoms with van der Waals surface area (Å²) in [5, 5.41) is 0. The molecular weight excluding hydrogens is 201 g/mol. The van der Waals surface area contributed by atoms with Gasteiger partial charge in [0.25, 0.3) is 0 Å². The summed E-state index contributed by atoms with van der Waals surface area (Å²) in [6.07, 6.45) is 0.407. The third kappa shape index (κ3) is 3.18. The van der Waals surface area contributed by atoms with E-state index >= 15 is 0 Å². The maximum atomic E-state index is 12.6. The quantitative estimate of drug-likeness (QED) is 0.630. The molecule has 0 aromatic heterocycles. The Kier molecular flexibility index (Phi) is 3.31. The number of hydrogen-bond donors (Lipinski definition) is 0. The minimum Gasteiger partial charge on any atom is -0.444 e. The lowest BCUT2D eigenvalue weighted by molar-refractivity contribution is -0.133. The van der Waals surface area contributed by atoms with E-state index in [1.807, 2.05) is 0 Å². The first kappa shape index (κ1) is 11.9. The van der Waals surface area contributed by atoms with E-state index in [2.05, 4.69) is 0 Å². The molecule has 1 unspecified atom stereocenters. The summed E-state index contributed by atoms with van der Waals surface area (Å²) in [5.74, 6) is 0. The number of halogens is 1. The van der Waals surface area contributed by atoms with Gasteiger partial charge in [-0.3, -0.25) is 9.69 Å². The maximum Gasteiger partial charge on any atom is 0.410 e. The number of rotatable bonds is 1. The van der Waals surface area contributed by atoms with Crippen molar-refractivity contribution in [3.8, 4) is 0 Å².